The van der Waals surface area contributed by atoms with Crippen LogP contribution in [-0.2, 0) is 21.3 Å². The van der Waals surface area contributed by atoms with Gasteiger partial charge in [0.2, 0.25) is 0 Å². The summed E-state index contributed by atoms with van der Waals surface area (Å²) in [5, 5.41) is 8.96. The number of aliphatic carboxylic acids is 1. The molecule has 17 heavy (non-hydrogen) atoms. The van der Waals surface area contributed by atoms with E-state index in [9.17, 15) is 9.36 Å². The van der Waals surface area contributed by atoms with Crippen LogP contribution in [0.15, 0.2) is 18.2 Å². The molecule has 0 saturated heterocycles. The zero-order chi connectivity index (χ0) is 12.8. The second kappa shape index (κ2) is 3.65. The molecule has 0 fully saturated rings. The van der Waals surface area contributed by atoms with E-state index in [-0.39, 0.29) is 11.7 Å². The fourth-order valence-corrected chi connectivity index (χ4v) is 2.68. The summed E-state index contributed by atoms with van der Waals surface area (Å²) >= 11 is 0. The first-order valence-electron chi connectivity index (χ1n) is 4.97. The van der Waals surface area contributed by atoms with Gasteiger partial charge in [-0.2, -0.15) is 0 Å². The van der Waals surface area contributed by atoms with Gasteiger partial charge < -0.3 is 20.6 Å². The first-order chi connectivity index (χ1) is 7.75. The average Bonchev–Trinajstić information content (AvgIpc) is 2.56. The minimum absolute atomic E-state index is 0.106. The van der Waals surface area contributed by atoms with Crippen LogP contribution in [0.5, 0.6) is 0 Å². The molecule has 2 rings (SSSR count). The molecule has 0 aliphatic heterocycles. The van der Waals surface area contributed by atoms with Crippen LogP contribution in [0.4, 0.5) is 0 Å². The lowest BCUT2D eigenvalue weighted by molar-refractivity contribution is -0.143. The lowest BCUT2D eigenvalue weighted by Crippen LogP contribution is -2.42. The Bertz CT molecular complexity index is 537. The van der Waals surface area contributed by atoms with Crippen molar-refractivity contribution >= 4 is 18.9 Å². The number of hydrogen-bond donors (Lipinski definition) is 4. The van der Waals surface area contributed by atoms with Gasteiger partial charge in [0.15, 0.2) is 0 Å². The van der Waals surface area contributed by atoms with Gasteiger partial charge in [0.05, 0.1) is 5.30 Å². The molecule has 92 valence electrons. The third-order valence-electron chi connectivity index (χ3n) is 3.08. The molecule has 1 aromatic carbocycles. The lowest BCUT2D eigenvalue weighted by atomic mass is 9.93. The quantitative estimate of drug-likeness (QED) is 0.538. The van der Waals surface area contributed by atoms with Crippen molar-refractivity contribution in [1.29, 1.82) is 0 Å². The normalized spacial score (nSPS) is 23.5. The van der Waals surface area contributed by atoms with E-state index in [0.717, 1.165) is 0 Å². The minimum Gasteiger partial charge on any atom is -0.480 e. The summed E-state index contributed by atoms with van der Waals surface area (Å²) in [6, 6.07) is 3.97. The largest absolute Gasteiger partial charge is 0.480 e. The number of benzene rings is 1. The maximum absolute atomic E-state index is 11.1. The fourth-order valence-electron chi connectivity index (χ4n) is 2.09. The smallest absolute Gasteiger partial charge is 0.356 e. The van der Waals surface area contributed by atoms with Gasteiger partial charge in [0, 0.05) is 0 Å². The van der Waals surface area contributed by atoms with Gasteiger partial charge in [-0.15, -0.1) is 0 Å². The van der Waals surface area contributed by atoms with E-state index in [1.165, 1.54) is 18.2 Å². The molecular weight excluding hydrogens is 245 g/mol. The second-order valence-electron chi connectivity index (χ2n) is 4.16. The highest BCUT2D eigenvalue weighted by molar-refractivity contribution is 7.60. The lowest BCUT2D eigenvalue weighted by Gasteiger charge is -2.19. The molecule has 6 nitrogen and oxygen atoms in total. The number of nitrogens with two attached hydrogens (primary N) is 1. The van der Waals surface area contributed by atoms with Crippen molar-refractivity contribution in [3.63, 3.8) is 0 Å². The Morgan fingerprint density at radius 3 is 2.59 bits per heavy atom. The summed E-state index contributed by atoms with van der Waals surface area (Å²) < 4.78 is 11.1. The number of carboxylic acids is 1. The number of rotatable bonds is 2. The van der Waals surface area contributed by atoms with Gasteiger partial charge in [-0.25, -0.2) is 4.79 Å². The van der Waals surface area contributed by atoms with Gasteiger partial charge in [0.1, 0.15) is 5.54 Å². The van der Waals surface area contributed by atoms with Crippen LogP contribution >= 0.6 is 7.60 Å². The van der Waals surface area contributed by atoms with Crippen LogP contribution in [0.1, 0.15) is 17.5 Å². The van der Waals surface area contributed by atoms with Gasteiger partial charge >= 0.3 is 13.6 Å². The Kier molecular flexibility index (Phi) is 2.63. The minimum atomic E-state index is -4.30. The van der Waals surface area contributed by atoms with E-state index in [2.05, 4.69) is 0 Å². The van der Waals surface area contributed by atoms with E-state index in [0.29, 0.717) is 17.5 Å². The molecule has 1 aliphatic carbocycles. The van der Waals surface area contributed by atoms with E-state index >= 15 is 0 Å². The maximum atomic E-state index is 11.1. The second-order valence-corrected chi connectivity index (χ2v) is 5.77. The summed E-state index contributed by atoms with van der Waals surface area (Å²) in [4.78, 5) is 29.1. The van der Waals surface area contributed by atoms with Crippen LogP contribution < -0.4 is 11.0 Å². The van der Waals surface area contributed by atoms with E-state index in [1.54, 1.807) is 0 Å². The zero-order valence-electron chi connectivity index (χ0n) is 8.83. The monoisotopic (exact) mass is 257 g/mol. The Hall–Kier alpha value is -1.20. The van der Waals surface area contributed by atoms with Gasteiger partial charge in [-0.1, -0.05) is 6.07 Å². The molecule has 0 bridgehead atoms. The number of carbonyl (C=O) groups is 1. The Balaban J connectivity index is 2.53. The SMILES string of the molecule is N[C@]1(C(=O)O)CCc2cc(P(=O)(O)O)ccc21. The van der Waals surface area contributed by atoms with Crippen molar-refractivity contribution < 1.29 is 24.3 Å². The van der Waals surface area contributed by atoms with Crippen LogP contribution in [0.25, 0.3) is 0 Å². The Morgan fingerprint density at radius 1 is 1.41 bits per heavy atom. The number of fused-ring (bicyclic) bond motifs is 1. The zero-order valence-corrected chi connectivity index (χ0v) is 9.72. The first kappa shape index (κ1) is 12.3. The van der Waals surface area contributed by atoms with Crippen LogP contribution in [0.3, 0.4) is 0 Å². The molecule has 0 unspecified atom stereocenters. The Labute approximate surface area is 97.2 Å². The average molecular weight is 257 g/mol. The fraction of sp³-hybridized carbons (Fsp3) is 0.300. The van der Waals surface area contributed by atoms with Crippen LogP contribution in [0.2, 0.25) is 0 Å². The van der Waals surface area contributed by atoms with Crippen molar-refractivity contribution in [1.82, 2.24) is 0 Å². The molecule has 7 heteroatoms. The highest BCUT2D eigenvalue weighted by Gasteiger charge is 2.42. The predicted octanol–water partition coefficient (Wildman–Crippen LogP) is -0.326. The molecule has 0 saturated carbocycles. The number of carboxylic acid groups (broad SMARTS) is 1. The van der Waals surface area contributed by atoms with E-state index in [1.807, 2.05) is 0 Å². The van der Waals surface area contributed by atoms with E-state index < -0.39 is 19.1 Å². The summed E-state index contributed by atoms with van der Waals surface area (Å²) in [6.07, 6.45) is 0.647. The molecule has 0 spiro atoms. The summed E-state index contributed by atoms with van der Waals surface area (Å²) in [5.41, 5.74) is 5.36. The Morgan fingerprint density at radius 2 is 2.06 bits per heavy atom. The summed E-state index contributed by atoms with van der Waals surface area (Å²) in [6.45, 7) is 0. The third kappa shape index (κ3) is 1.89. The molecule has 5 N–H and O–H groups in total. The third-order valence-corrected chi connectivity index (χ3v) is 4.03. The summed E-state index contributed by atoms with van der Waals surface area (Å²) in [7, 11) is -4.30. The predicted molar refractivity (Wildman–Crippen MR) is 59.9 cm³/mol. The van der Waals surface area contributed by atoms with Crippen LogP contribution in [-0.4, -0.2) is 20.9 Å². The number of aryl methyl sites for hydroxylation is 1. The molecule has 1 atom stereocenters. The molecule has 0 radical (unpaired) electrons. The van der Waals surface area contributed by atoms with Crippen molar-refractivity contribution in [2.24, 2.45) is 5.73 Å². The molecule has 1 aromatic rings. The van der Waals surface area contributed by atoms with Crippen molar-refractivity contribution in [3.8, 4) is 0 Å². The number of hydrogen-bond acceptors (Lipinski definition) is 3. The molecule has 1 aliphatic rings. The van der Waals surface area contributed by atoms with Gasteiger partial charge in [0.25, 0.3) is 0 Å². The molecule has 0 heterocycles. The molecule has 0 amide bonds. The van der Waals surface area contributed by atoms with Crippen molar-refractivity contribution in [2.75, 3.05) is 0 Å². The van der Waals surface area contributed by atoms with Gasteiger partial charge in [-0.05, 0) is 36.1 Å². The topological polar surface area (TPSA) is 121 Å². The highest BCUT2D eigenvalue weighted by Crippen LogP contribution is 2.39. The van der Waals surface area contributed by atoms with Crippen LogP contribution in [0, 0.1) is 0 Å². The van der Waals surface area contributed by atoms with Gasteiger partial charge in [-0.3, -0.25) is 4.57 Å². The first-order valence-corrected chi connectivity index (χ1v) is 6.58. The standard InChI is InChI=1S/C10H12NO5P/c11-10(9(12)13)4-3-6-5-7(17(14,15)16)1-2-8(6)10/h1-2,5H,3-4,11H2,(H,12,13)(H2,14,15,16)/t10-/m1/s1. The van der Waals surface area contributed by atoms with Crippen molar-refractivity contribution in [3.05, 3.63) is 29.3 Å². The maximum Gasteiger partial charge on any atom is 0.356 e. The van der Waals surface area contributed by atoms with Crippen molar-refractivity contribution in [2.45, 2.75) is 18.4 Å². The highest BCUT2D eigenvalue weighted by atomic mass is 31.2. The molecular formula is C10H12NO5P. The summed E-state index contributed by atoms with van der Waals surface area (Å²) in [5.74, 6) is -1.12. The van der Waals surface area contributed by atoms with E-state index in [4.69, 9.17) is 20.6 Å². The molecule has 0 aromatic heterocycles.